The van der Waals surface area contributed by atoms with Gasteiger partial charge in [-0.15, -0.1) is 11.3 Å². The SMILES string of the molecule is COc1cc2nc([C@H]3CC[C@H](C(=O)OC)CC3)sc2cc1NC(=O)c1cccc(C(C)(F)F)n1. The van der Waals surface area contributed by atoms with E-state index in [-0.39, 0.29) is 23.5 Å². The molecule has 10 heteroatoms. The number of ether oxygens (including phenoxy) is 2. The fraction of sp³-hybridized carbons (Fsp3) is 0.417. The number of aromatic nitrogens is 2. The third-order valence-corrected chi connectivity index (χ3v) is 7.20. The number of pyridine rings is 1. The molecule has 1 aliphatic carbocycles. The van der Waals surface area contributed by atoms with Crippen LogP contribution >= 0.6 is 11.3 Å². The molecule has 1 fully saturated rings. The van der Waals surface area contributed by atoms with Crippen LogP contribution in [0.4, 0.5) is 14.5 Å². The van der Waals surface area contributed by atoms with Crippen molar-refractivity contribution in [1.29, 1.82) is 0 Å². The number of esters is 1. The molecule has 0 atom stereocenters. The maximum atomic E-state index is 13.6. The lowest BCUT2D eigenvalue weighted by molar-refractivity contribution is -0.146. The van der Waals surface area contributed by atoms with E-state index in [1.807, 2.05) is 0 Å². The number of nitrogens with zero attached hydrogens (tertiary/aromatic N) is 2. The topological polar surface area (TPSA) is 90.4 Å². The minimum absolute atomic E-state index is 0.0580. The van der Waals surface area contributed by atoms with Gasteiger partial charge in [0.2, 0.25) is 0 Å². The highest BCUT2D eigenvalue weighted by atomic mass is 32.1. The smallest absolute Gasteiger partial charge is 0.308 e. The van der Waals surface area contributed by atoms with Gasteiger partial charge in [0.25, 0.3) is 11.8 Å². The maximum absolute atomic E-state index is 13.6. The van der Waals surface area contributed by atoms with Crippen LogP contribution in [0.1, 0.15) is 59.7 Å². The third kappa shape index (κ3) is 5.01. The summed E-state index contributed by atoms with van der Waals surface area (Å²) in [6.45, 7) is 0.733. The molecule has 180 valence electrons. The van der Waals surface area contributed by atoms with Crippen molar-refractivity contribution in [3.63, 3.8) is 0 Å². The number of halogens is 2. The minimum atomic E-state index is -3.15. The molecule has 1 aliphatic rings. The summed E-state index contributed by atoms with van der Waals surface area (Å²) >= 11 is 1.53. The monoisotopic (exact) mass is 489 g/mol. The van der Waals surface area contributed by atoms with Crippen molar-refractivity contribution in [1.82, 2.24) is 9.97 Å². The van der Waals surface area contributed by atoms with Crippen molar-refractivity contribution in [3.05, 3.63) is 46.7 Å². The predicted octanol–water partition coefficient (Wildman–Crippen LogP) is 5.51. The fourth-order valence-corrected chi connectivity index (χ4v) is 5.31. The van der Waals surface area contributed by atoms with Crippen LogP contribution in [-0.2, 0) is 15.5 Å². The summed E-state index contributed by atoms with van der Waals surface area (Å²) in [5.74, 6) is -3.32. The molecule has 0 bridgehead atoms. The molecular formula is C24H25F2N3O4S. The number of carbonyl (C=O) groups is 2. The van der Waals surface area contributed by atoms with Crippen LogP contribution in [0.25, 0.3) is 10.2 Å². The zero-order chi connectivity index (χ0) is 24.5. The Kier molecular flexibility index (Phi) is 6.79. The number of benzene rings is 1. The number of hydrogen-bond acceptors (Lipinski definition) is 7. The van der Waals surface area contributed by atoms with Crippen LogP contribution in [0, 0.1) is 5.92 Å². The van der Waals surface area contributed by atoms with E-state index in [2.05, 4.69) is 10.3 Å². The number of anilines is 1. The summed E-state index contributed by atoms with van der Waals surface area (Å²) in [5.41, 5.74) is 0.556. The molecule has 4 rings (SSSR count). The molecule has 1 aromatic carbocycles. The van der Waals surface area contributed by atoms with E-state index in [0.717, 1.165) is 47.8 Å². The van der Waals surface area contributed by atoms with Crippen LogP contribution in [0.5, 0.6) is 5.75 Å². The number of methoxy groups -OCH3 is 2. The molecule has 1 N–H and O–H groups in total. The van der Waals surface area contributed by atoms with Crippen molar-refractivity contribution in [2.45, 2.75) is 44.4 Å². The first kappa shape index (κ1) is 24.0. The molecule has 3 aromatic rings. The molecule has 0 spiro atoms. The van der Waals surface area contributed by atoms with Crippen LogP contribution in [0.3, 0.4) is 0 Å². The number of hydrogen-bond donors (Lipinski definition) is 1. The van der Waals surface area contributed by atoms with Gasteiger partial charge in [0.1, 0.15) is 17.1 Å². The van der Waals surface area contributed by atoms with Gasteiger partial charge in [-0.05, 0) is 43.9 Å². The lowest BCUT2D eigenvalue weighted by atomic mass is 9.82. The molecule has 0 aliphatic heterocycles. The first-order valence-corrected chi connectivity index (χ1v) is 11.7. The zero-order valence-corrected chi connectivity index (χ0v) is 19.9. The van der Waals surface area contributed by atoms with Gasteiger partial charge in [0.15, 0.2) is 0 Å². The Hall–Kier alpha value is -3.14. The quantitative estimate of drug-likeness (QED) is 0.459. The molecule has 1 saturated carbocycles. The van der Waals surface area contributed by atoms with Gasteiger partial charge < -0.3 is 14.8 Å². The molecule has 0 radical (unpaired) electrons. The first-order valence-electron chi connectivity index (χ1n) is 10.9. The Morgan fingerprint density at radius 2 is 1.85 bits per heavy atom. The van der Waals surface area contributed by atoms with E-state index >= 15 is 0 Å². The van der Waals surface area contributed by atoms with Crippen LogP contribution in [0.2, 0.25) is 0 Å². The van der Waals surface area contributed by atoms with Gasteiger partial charge in [0.05, 0.1) is 41.0 Å². The highest BCUT2D eigenvalue weighted by molar-refractivity contribution is 7.18. The number of fused-ring (bicyclic) bond motifs is 1. The van der Waals surface area contributed by atoms with E-state index in [4.69, 9.17) is 14.5 Å². The molecule has 0 unspecified atom stereocenters. The largest absolute Gasteiger partial charge is 0.494 e. The number of thiazole rings is 1. The Balaban J connectivity index is 1.55. The van der Waals surface area contributed by atoms with Gasteiger partial charge >= 0.3 is 5.97 Å². The number of carbonyl (C=O) groups excluding carboxylic acids is 2. The van der Waals surface area contributed by atoms with Crippen molar-refractivity contribution >= 4 is 39.1 Å². The fourth-order valence-electron chi connectivity index (χ4n) is 4.15. The van der Waals surface area contributed by atoms with E-state index in [1.165, 1.54) is 43.8 Å². The Labute approximate surface area is 199 Å². The summed E-state index contributed by atoms with van der Waals surface area (Å²) < 4.78 is 38.4. The summed E-state index contributed by atoms with van der Waals surface area (Å²) in [5, 5.41) is 3.69. The van der Waals surface area contributed by atoms with E-state index in [9.17, 15) is 18.4 Å². The molecular weight excluding hydrogens is 464 g/mol. The Bertz CT molecular complexity index is 1220. The number of alkyl halides is 2. The van der Waals surface area contributed by atoms with Gasteiger partial charge in [-0.1, -0.05) is 6.07 Å². The lowest BCUT2D eigenvalue weighted by Crippen LogP contribution is -2.22. The number of rotatable bonds is 6. The maximum Gasteiger partial charge on any atom is 0.308 e. The van der Waals surface area contributed by atoms with Crippen molar-refractivity contribution in [2.75, 3.05) is 19.5 Å². The summed E-state index contributed by atoms with van der Waals surface area (Å²) in [4.78, 5) is 33.1. The van der Waals surface area contributed by atoms with Gasteiger partial charge in [-0.25, -0.2) is 9.97 Å². The highest BCUT2D eigenvalue weighted by Crippen LogP contribution is 2.41. The average molecular weight is 490 g/mol. The Morgan fingerprint density at radius 1 is 1.12 bits per heavy atom. The molecule has 2 heterocycles. The van der Waals surface area contributed by atoms with E-state index in [1.54, 1.807) is 12.1 Å². The number of amides is 1. The zero-order valence-electron chi connectivity index (χ0n) is 19.1. The second-order valence-corrected chi connectivity index (χ2v) is 9.46. The predicted molar refractivity (Wildman–Crippen MR) is 125 cm³/mol. The first-order chi connectivity index (χ1) is 16.2. The molecule has 7 nitrogen and oxygen atoms in total. The van der Waals surface area contributed by atoms with E-state index < -0.39 is 17.5 Å². The Morgan fingerprint density at radius 3 is 2.50 bits per heavy atom. The van der Waals surface area contributed by atoms with Gasteiger partial charge in [-0.2, -0.15) is 8.78 Å². The van der Waals surface area contributed by atoms with Gasteiger partial charge in [0, 0.05) is 18.9 Å². The molecule has 34 heavy (non-hydrogen) atoms. The highest BCUT2D eigenvalue weighted by Gasteiger charge is 2.30. The van der Waals surface area contributed by atoms with Crippen LogP contribution in [-0.4, -0.2) is 36.1 Å². The minimum Gasteiger partial charge on any atom is -0.494 e. The van der Waals surface area contributed by atoms with Crippen LogP contribution in [0.15, 0.2) is 30.3 Å². The summed E-state index contributed by atoms with van der Waals surface area (Å²) in [6.07, 6.45) is 3.23. The van der Waals surface area contributed by atoms with Crippen molar-refractivity contribution in [2.24, 2.45) is 5.92 Å². The standard InChI is InChI=1S/C24H25F2N3O4S/c1-24(25,26)20-6-4-5-15(27-20)21(30)28-16-12-19-17(11-18(16)32-2)29-22(34-19)13-7-9-14(10-8-13)23(31)33-3/h4-6,11-14H,7-10H2,1-3H3,(H,28,30)/t13-,14-. The molecule has 0 saturated heterocycles. The van der Waals surface area contributed by atoms with Crippen molar-refractivity contribution in [3.8, 4) is 5.75 Å². The van der Waals surface area contributed by atoms with Crippen LogP contribution < -0.4 is 10.1 Å². The summed E-state index contributed by atoms with van der Waals surface area (Å²) in [6, 6.07) is 7.45. The lowest BCUT2D eigenvalue weighted by Gasteiger charge is -2.25. The molecule has 1 amide bonds. The van der Waals surface area contributed by atoms with E-state index in [0.29, 0.717) is 11.4 Å². The normalized spacial score (nSPS) is 18.5. The summed E-state index contributed by atoms with van der Waals surface area (Å²) in [7, 11) is 2.90. The second-order valence-electron chi connectivity index (χ2n) is 8.39. The molecule has 2 aromatic heterocycles. The average Bonchev–Trinajstić information content (AvgIpc) is 3.25. The number of nitrogens with one attached hydrogen (secondary N) is 1. The van der Waals surface area contributed by atoms with Crippen molar-refractivity contribution < 1.29 is 27.8 Å². The second kappa shape index (κ2) is 9.61. The third-order valence-electron chi connectivity index (χ3n) is 6.02. The van der Waals surface area contributed by atoms with Gasteiger partial charge in [-0.3, -0.25) is 9.59 Å².